The van der Waals surface area contributed by atoms with Gasteiger partial charge in [0.1, 0.15) is 0 Å². The lowest BCUT2D eigenvalue weighted by Gasteiger charge is -2.22. The first-order valence-electron chi connectivity index (χ1n) is 7.25. The lowest BCUT2D eigenvalue weighted by molar-refractivity contribution is -0.142. The van der Waals surface area contributed by atoms with E-state index in [9.17, 15) is 14.7 Å². The van der Waals surface area contributed by atoms with Crippen molar-refractivity contribution in [1.82, 2.24) is 5.32 Å². The number of amides is 1. The summed E-state index contributed by atoms with van der Waals surface area (Å²) in [5.41, 5.74) is 1.88. The molecule has 0 spiro atoms. The van der Waals surface area contributed by atoms with Gasteiger partial charge in [0.2, 0.25) is 5.91 Å². The summed E-state index contributed by atoms with van der Waals surface area (Å²) < 4.78 is 0. The van der Waals surface area contributed by atoms with Crippen LogP contribution in [-0.2, 0) is 9.59 Å². The first kappa shape index (κ1) is 15.3. The number of carbonyl (C=O) groups excluding carboxylic acids is 1. The van der Waals surface area contributed by atoms with Crippen molar-refractivity contribution in [3.05, 3.63) is 47.5 Å². The second-order valence-corrected chi connectivity index (χ2v) is 5.69. The normalized spacial score (nSPS) is 17.9. The maximum Gasteiger partial charge on any atom is 0.308 e. The van der Waals surface area contributed by atoms with Gasteiger partial charge in [-0.05, 0) is 38.2 Å². The second-order valence-electron chi connectivity index (χ2n) is 5.69. The second kappa shape index (κ2) is 6.57. The third-order valence-electron chi connectivity index (χ3n) is 3.93. The number of nitrogens with one attached hydrogen (secondary N) is 1. The molecule has 1 aromatic rings. The molecule has 1 aliphatic rings. The highest BCUT2D eigenvalue weighted by molar-refractivity contribution is 5.89. The van der Waals surface area contributed by atoms with Gasteiger partial charge >= 0.3 is 5.97 Å². The molecule has 112 valence electrons. The summed E-state index contributed by atoms with van der Waals surface area (Å²) in [6.45, 7) is 3.56. The van der Waals surface area contributed by atoms with Gasteiger partial charge in [0.25, 0.3) is 0 Å². The van der Waals surface area contributed by atoms with Crippen molar-refractivity contribution < 1.29 is 14.7 Å². The van der Waals surface area contributed by atoms with E-state index in [0.717, 1.165) is 24.0 Å². The Morgan fingerprint density at radius 2 is 1.90 bits per heavy atom. The SMILES string of the molecule is C/C(=C/C(=O)N[C@H](c1ccccc1)[C@H](C)C(=O)O)C1CC1. The number of carboxylic acids is 1. The van der Waals surface area contributed by atoms with Gasteiger partial charge in [0, 0.05) is 6.08 Å². The Kier molecular flexibility index (Phi) is 4.78. The van der Waals surface area contributed by atoms with Gasteiger partial charge in [-0.15, -0.1) is 0 Å². The molecule has 0 radical (unpaired) electrons. The van der Waals surface area contributed by atoms with Crippen LogP contribution in [0.15, 0.2) is 42.0 Å². The van der Waals surface area contributed by atoms with E-state index >= 15 is 0 Å². The average molecular weight is 287 g/mol. The van der Waals surface area contributed by atoms with Crippen molar-refractivity contribution in [2.24, 2.45) is 11.8 Å². The average Bonchev–Trinajstić information content (AvgIpc) is 3.29. The highest BCUT2D eigenvalue weighted by atomic mass is 16.4. The van der Waals surface area contributed by atoms with Gasteiger partial charge in [-0.3, -0.25) is 9.59 Å². The fraction of sp³-hybridized carbons (Fsp3) is 0.412. The van der Waals surface area contributed by atoms with Gasteiger partial charge in [0.05, 0.1) is 12.0 Å². The van der Waals surface area contributed by atoms with Gasteiger partial charge in [-0.2, -0.15) is 0 Å². The molecule has 4 nitrogen and oxygen atoms in total. The largest absolute Gasteiger partial charge is 0.481 e. The molecular weight excluding hydrogens is 266 g/mol. The zero-order chi connectivity index (χ0) is 15.4. The summed E-state index contributed by atoms with van der Waals surface area (Å²) in [7, 11) is 0. The minimum atomic E-state index is -0.924. The fourth-order valence-corrected chi connectivity index (χ4v) is 2.36. The minimum Gasteiger partial charge on any atom is -0.481 e. The van der Waals surface area contributed by atoms with Crippen LogP contribution in [0.5, 0.6) is 0 Å². The summed E-state index contributed by atoms with van der Waals surface area (Å²) in [5.74, 6) is -1.30. The molecule has 1 amide bonds. The summed E-state index contributed by atoms with van der Waals surface area (Å²) in [4.78, 5) is 23.4. The van der Waals surface area contributed by atoms with Crippen molar-refractivity contribution in [1.29, 1.82) is 0 Å². The molecule has 2 atom stereocenters. The maximum atomic E-state index is 12.1. The minimum absolute atomic E-state index is 0.221. The zero-order valence-corrected chi connectivity index (χ0v) is 12.4. The van der Waals surface area contributed by atoms with E-state index in [1.807, 2.05) is 37.3 Å². The van der Waals surface area contributed by atoms with E-state index in [0.29, 0.717) is 5.92 Å². The van der Waals surface area contributed by atoms with Crippen molar-refractivity contribution in [2.75, 3.05) is 0 Å². The van der Waals surface area contributed by atoms with E-state index in [1.54, 1.807) is 13.0 Å². The molecule has 0 heterocycles. The summed E-state index contributed by atoms with van der Waals surface area (Å²) in [5, 5.41) is 12.1. The van der Waals surface area contributed by atoms with Crippen LogP contribution in [0.25, 0.3) is 0 Å². The van der Waals surface area contributed by atoms with E-state index in [-0.39, 0.29) is 5.91 Å². The summed E-state index contributed by atoms with van der Waals surface area (Å²) in [6.07, 6.45) is 3.88. The molecule has 0 bridgehead atoms. The Bertz CT molecular complexity index is 546. The van der Waals surface area contributed by atoms with Crippen LogP contribution >= 0.6 is 0 Å². The number of carbonyl (C=O) groups is 2. The van der Waals surface area contributed by atoms with Gasteiger partial charge in [-0.25, -0.2) is 0 Å². The summed E-state index contributed by atoms with van der Waals surface area (Å²) >= 11 is 0. The standard InChI is InChI=1S/C17H21NO3/c1-11(13-8-9-13)10-15(19)18-16(12(2)17(20)21)14-6-4-3-5-7-14/h3-7,10,12-13,16H,8-9H2,1-2H3,(H,18,19)(H,20,21)/b11-10-/t12-,16-/m0/s1. The van der Waals surface area contributed by atoms with Crippen LogP contribution in [0.2, 0.25) is 0 Å². The molecule has 1 aromatic carbocycles. The maximum absolute atomic E-state index is 12.1. The van der Waals surface area contributed by atoms with Crippen molar-refractivity contribution >= 4 is 11.9 Å². The molecule has 1 aliphatic carbocycles. The Morgan fingerprint density at radius 3 is 2.43 bits per heavy atom. The van der Waals surface area contributed by atoms with Crippen LogP contribution in [0, 0.1) is 11.8 Å². The van der Waals surface area contributed by atoms with E-state index in [4.69, 9.17) is 0 Å². The highest BCUT2D eigenvalue weighted by Gasteiger charge is 2.27. The topological polar surface area (TPSA) is 66.4 Å². The summed E-state index contributed by atoms with van der Waals surface area (Å²) in [6, 6.07) is 8.69. The third-order valence-corrected chi connectivity index (χ3v) is 3.93. The van der Waals surface area contributed by atoms with Crippen LogP contribution < -0.4 is 5.32 Å². The van der Waals surface area contributed by atoms with Gasteiger partial charge < -0.3 is 10.4 Å². The predicted octanol–water partition coefficient (Wildman–Crippen LogP) is 2.92. The third kappa shape index (κ3) is 4.18. The van der Waals surface area contributed by atoms with E-state index in [1.165, 1.54) is 0 Å². The smallest absolute Gasteiger partial charge is 0.308 e. The Labute approximate surface area is 124 Å². The first-order valence-corrected chi connectivity index (χ1v) is 7.25. The Morgan fingerprint density at radius 1 is 1.29 bits per heavy atom. The number of hydrogen-bond donors (Lipinski definition) is 2. The number of hydrogen-bond acceptors (Lipinski definition) is 2. The molecule has 0 saturated heterocycles. The molecule has 0 unspecified atom stereocenters. The van der Waals surface area contributed by atoms with Crippen LogP contribution in [0.1, 0.15) is 38.3 Å². The van der Waals surface area contributed by atoms with Crippen LogP contribution in [0.4, 0.5) is 0 Å². The molecule has 1 fully saturated rings. The zero-order valence-electron chi connectivity index (χ0n) is 12.4. The molecule has 4 heteroatoms. The van der Waals surface area contributed by atoms with Gasteiger partial charge in [0.15, 0.2) is 0 Å². The quantitative estimate of drug-likeness (QED) is 0.791. The van der Waals surface area contributed by atoms with Crippen LogP contribution in [-0.4, -0.2) is 17.0 Å². The lowest BCUT2D eigenvalue weighted by Crippen LogP contribution is -2.34. The van der Waals surface area contributed by atoms with Crippen molar-refractivity contribution in [2.45, 2.75) is 32.7 Å². The number of aliphatic carboxylic acids is 1. The molecule has 21 heavy (non-hydrogen) atoms. The van der Waals surface area contributed by atoms with Crippen LogP contribution in [0.3, 0.4) is 0 Å². The molecule has 0 aliphatic heterocycles. The van der Waals surface area contributed by atoms with E-state index in [2.05, 4.69) is 5.32 Å². The molecule has 2 N–H and O–H groups in total. The number of allylic oxidation sites excluding steroid dienone is 1. The molecule has 1 saturated carbocycles. The Balaban J connectivity index is 2.14. The molecule has 0 aromatic heterocycles. The predicted molar refractivity (Wildman–Crippen MR) is 80.6 cm³/mol. The monoisotopic (exact) mass is 287 g/mol. The fourth-order valence-electron chi connectivity index (χ4n) is 2.36. The molecular formula is C17H21NO3. The molecule has 2 rings (SSSR count). The number of benzene rings is 1. The highest BCUT2D eigenvalue weighted by Crippen LogP contribution is 2.35. The van der Waals surface area contributed by atoms with Crippen molar-refractivity contribution in [3.8, 4) is 0 Å². The van der Waals surface area contributed by atoms with Crippen molar-refractivity contribution in [3.63, 3.8) is 0 Å². The number of rotatable bonds is 6. The first-order chi connectivity index (χ1) is 9.99. The number of carboxylic acid groups (broad SMARTS) is 1. The lowest BCUT2D eigenvalue weighted by atomic mass is 9.94. The van der Waals surface area contributed by atoms with Gasteiger partial charge in [-0.1, -0.05) is 35.9 Å². The van der Waals surface area contributed by atoms with E-state index < -0.39 is 17.9 Å². The Hall–Kier alpha value is -2.10.